The number of carbonyl (C=O) groups is 2. The minimum absolute atomic E-state index is 0.0869. The van der Waals surface area contributed by atoms with Crippen LogP contribution in [0.5, 0.6) is 0 Å². The van der Waals surface area contributed by atoms with Crippen LogP contribution in [0.3, 0.4) is 0 Å². The fourth-order valence-corrected chi connectivity index (χ4v) is 1.98. The van der Waals surface area contributed by atoms with Crippen LogP contribution in [0.1, 0.15) is 27.3 Å². The molecule has 1 amide bonds. The Bertz CT molecular complexity index is 486. The van der Waals surface area contributed by atoms with Crippen molar-refractivity contribution in [2.75, 3.05) is 6.61 Å². The van der Waals surface area contributed by atoms with Crippen LogP contribution in [0, 0.1) is 0 Å². The second kappa shape index (κ2) is 5.87. The Hall–Kier alpha value is -1.84. The van der Waals surface area contributed by atoms with E-state index in [1.54, 1.807) is 0 Å². The van der Waals surface area contributed by atoms with Crippen LogP contribution in [0.2, 0.25) is 0 Å². The highest BCUT2D eigenvalue weighted by Gasteiger charge is 2.39. The van der Waals surface area contributed by atoms with Crippen LogP contribution in [0.25, 0.3) is 0 Å². The maximum atomic E-state index is 12.7. The molecule has 2 N–H and O–H groups in total. The molecule has 0 aromatic carbocycles. The molecule has 0 spiro atoms. The van der Waals surface area contributed by atoms with Gasteiger partial charge < -0.3 is 15.2 Å². The molecule has 0 unspecified atom stereocenters. The van der Waals surface area contributed by atoms with Crippen molar-refractivity contribution in [1.29, 1.82) is 0 Å². The van der Waals surface area contributed by atoms with Gasteiger partial charge in [0.2, 0.25) is 0 Å². The molecule has 10 heteroatoms. The van der Waals surface area contributed by atoms with Gasteiger partial charge in [-0.3, -0.25) is 0 Å². The molecule has 0 atom stereocenters. The lowest BCUT2D eigenvalue weighted by Crippen LogP contribution is -2.19. The van der Waals surface area contributed by atoms with Gasteiger partial charge in [0, 0.05) is 0 Å². The van der Waals surface area contributed by atoms with Crippen LogP contribution in [0.15, 0.2) is 0 Å². The minimum Gasteiger partial charge on any atom is -0.465 e. The zero-order valence-corrected chi connectivity index (χ0v) is 10.4. The van der Waals surface area contributed by atoms with Gasteiger partial charge in [-0.15, -0.1) is 11.3 Å². The Morgan fingerprint density at radius 1 is 1.47 bits per heavy atom. The number of hydrogen-bond acceptors (Lipinski definition) is 5. The molecule has 0 radical (unpaired) electrons. The number of ether oxygens (including phenoxy) is 1. The Labute approximate surface area is 109 Å². The van der Waals surface area contributed by atoms with Crippen molar-refractivity contribution in [3.8, 4) is 0 Å². The third-order valence-electron chi connectivity index (χ3n) is 1.79. The number of nitrogens with one attached hydrogen (secondary N) is 1. The van der Waals surface area contributed by atoms with Crippen molar-refractivity contribution in [2.24, 2.45) is 0 Å². The molecule has 6 nitrogen and oxygen atoms in total. The Balaban J connectivity index is 3.06. The molecule has 106 valence electrons. The number of hydrogen-bond donors (Lipinski definition) is 2. The second-order valence-corrected chi connectivity index (χ2v) is 4.25. The van der Waals surface area contributed by atoms with Crippen molar-refractivity contribution in [2.45, 2.75) is 19.6 Å². The van der Waals surface area contributed by atoms with E-state index >= 15 is 0 Å². The van der Waals surface area contributed by atoms with Gasteiger partial charge in [-0.05, 0) is 6.92 Å². The fraction of sp³-hybridized carbons (Fsp3) is 0.444. The van der Waals surface area contributed by atoms with Crippen LogP contribution < -0.4 is 5.32 Å². The molecule has 0 saturated carbocycles. The molecule has 0 fully saturated rings. The average molecular weight is 298 g/mol. The first kappa shape index (κ1) is 15.2. The first-order valence-corrected chi connectivity index (χ1v) is 5.78. The molecule has 1 aromatic rings. The van der Waals surface area contributed by atoms with E-state index in [4.69, 9.17) is 5.11 Å². The number of amides is 1. The highest BCUT2D eigenvalue weighted by atomic mass is 32.1. The normalized spacial score (nSPS) is 11.2. The number of aromatic nitrogens is 1. The maximum Gasteiger partial charge on any atom is 0.428 e. The predicted molar refractivity (Wildman–Crippen MR) is 57.9 cm³/mol. The van der Waals surface area contributed by atoms with Gasteiger partial charge in [0.25, 0.3) is 0 Å². The summed E-state index contributed by atoms with van der Waals surface area (Å²) in [5, 5.41) is 10.1. The lowest BCUT2D eigenvalue weighted by molar-refractivity contribution is -0.135. The van der Waals surface area contributed by atoms with Crippen molar-refractivity contribution in [1.82, 2.24) is 10.3 Å². The number of thiazole rings is 1. The molecule has 1 rings (SSSR count). The average Bonchev–Trinajstić information content (AvgIpc) is 2.70. The quantitative estimate of drug-likeness (QED) is 0.831. The summed E-state index contributed by atoms with van der Waals surface area (Å²) in [6.45, 7) is 0.948. The molecule has 0 aliphatic carbocycles. The number of carbonyl (C=O) groups excluding carboxylic acids is 1. The smallest absolute Gasteiger partial charge is 0.428 e. The van der Waals surface area contributed by atoms with Crippen molar-refractivity contribution in [3.05, 3.63) is 15.6 Å². The summed E-state index contributed by atoms with van der Waals surface area (Å²) < 4.78 is 42.5. The fourth-order valence-electron chi connectivity index (χ4n) is 1.12. The van der Waals surface area contributed by atoms with E-state index in [0.29, 0.717) is 0 Å². The second-order valence-electron chi connectivity index (χ2n) is 3.16. The predicted octanol–water partition coefficient (Wildman–Crippen LogP) is 2.11. The summed E-state index contributed by atoms with van der Waals surface area (Å²) in [6.07, 6.45) is -6.15. The van der Waals surface area contributed by atoms with Crippen LogP contribution >= 0.6 is 11.3 Å². The van der Waals surface area contributed by atoms with E-state index < -0.39 is 35.4 Å². The summed E-state index contributed by atoms with van der Waals surface area (Å²) in [4.78, 5) is 23.9. The summed E-state index contributed by atoms with van der Waals surface area (Å²) in [7, 11) is 0. The summed E-state index contributed by atoms with van der Waals surface area (Å²) in [5.41, 5.74) is -0.846. The highest BCUT2D eigenvalue weighted by Crippen LogP contribution is 2.36. The topological polar surface area (TPSA) is 88.5 Å². The molecule has 0 aliphatic rings. The van der Waals surface area contributed by atoms with Gasteiger partial charge in [-0.2, -0.15) is 13.2 Å². The van der Waals surface area contributed by atoms with Gasteiger partial charge in [0.15, 0.2) is 5.69 Å². The van der Waals surface area contributed by atoms with E-state index in [0.717, 1.165) is 0 Å². The number of rotatable bonds is 4. The van der Waals surface area contributed by atoms with Crippen LogP contribution in [-0.2, 0) is 17.5 Å². The molecule has 1 aromatic heterocycles. The number of esters is 1. The molecule has 19 heavy (non-hydrogen) atoms. The van der Waals surface area contributed by atoms with E-state index in [-0.39, 0.29) is 23.0 Å². The Morgan fingerprint density at radius 3 is 2.58 bits per heavy atom. The van der Waals surface area contributed by atoms with Crippen molar-refractivity contribution >= 4 is 23.4 Å². The maximum absolute atomic E-state index is 12.7. The van der Waals surface area contributed by atoms with Crippen molar-refractivity contribution in [3.63, 3.8) is 0 Å². The first-order chi connectivity index (χ1) is 8.75. The third kappa shape index (κ3) is 4.09. The number of carboxylic acid groups (broad SMARTS) is 1. The lowest BCUT2D eigenvalue weighted by atomic mass is 10.3. The largest absolute Gasteiger partial charge is 0.465 e. The third-order valence-corrected chi connectivity index (χ3v) is 2.89. The summed E-state index contributed by atoms with van der Waals surface area (Å²) in [5.74, 6) is -1.19. The Kier molecular flexibility index (Phi) is 4.70. The van der Waals surface area contributed by atoms with Crippen molar-refractivity contribution < 1.29 is 32.6 Å². The SMILES string of the molecule is CCOC(=O)c1nc(CNC(=O)O)sc1C(F)(F)F. The molecule has 1 heterocycles. The summed E-state index contributed by atoms with van der Waals surface area (Å²) >= 11 is 0.200. The van der Waals surface area contributed by atoms with E-state index in [9.17, 15) is 22.8 Å². The minimum atomic E-state index is -4.75. The van der Waals surface area contributed by atoms with Gasteiger partial charge >= 0.3 is 18.2 Å². The zero-order chi connectivity index (χ0) is 14.6. The van der Waals surface area contributed by atoms with Gasteiger partial charge in [0.1, 0.15) is 9.88 Å². The molecular weight excluding hydrogens is 289 g/mol. The highest BCUT2D eigenvalue weighted by molar-refractivity contribution is 7.12. The number of halogens is 3. The molecule has 0 bridgehead atoms. The molecule has 0 aliphatic heterocycles. The zero-order valence-electron chi connectivity index (χ0n) is 9.58. The van der Waals surface area contributed by atoms with Gasteiger partial charge in [-0.25, -0.2) is 14.6 Å². The van der Waals surface area contributed by atoms with E-state index in [2.05, 4.69) is 9.72 Å². The number of nitrogens with zero attached hydrogens (tertiary/aromatic N) is 1. The molecule has 0 saturated heterocycles. The van der Waals surface area contributed by atoms with Crippen LogP contribution in [-0.4, -0.2) is 28.8 Å². The van der Waals surface area contributed by atoms with Gasteiger partial charge in [-0.1, -0.05) is 0 Å². The van der Waals surface area contributed by atoms with Gasteiger partial charge in [0.05, 0.1) is 13.2 Å². The summed E-state index contributed by atoms with van der Waals surface area (Å²) in [6, 6.07) is 0. The first-order valence-electron chi connectivity index (χ1n) is 4.96. The van der Waals surface area contributed by atoms with E-state index in [1.807, 2.05) is 5.32 Å². The van der Waals surface area contributed by atoms with E-state index in [1.165, 1.54) is 6.92 Å². The number of alkyl halides is 3. The monoisotopic (exact) mass is 298 g/mol. The molecular formula is C9H9F3N2O4S. The van der Waals surface area contributed by atoms with Crippen LogP contribution in [0.4, 0.5) is 18.0 Å². The standard InChI is InChI=1S/C9H9F3N2O4S/c1-2-18-7(15)5-6(9(10,11)12)19-4(14-5)3-13-8(16)17/h13H,2-3H2,1H3,(H,16,17). The Morgan fingerprint density at radius 2 is 2.11 bits per heavy atom. The lowest BCUT2D eigenvalue weighted by Gasteiger charge is -2.05.